The molecule has 0 saturated carbocycles. The second-order valence-corrected chi connectivity index (χ2v) is 3.63. The van der Waals surface area contributed by atoms with Gasteiger partial charge in [0.25, 0.3) is 0 Å². The lowest BCUT2D eigenvalue weighted by atomic mass is 10.1. The average Bonchev–Trinajstić information content (AvgIpc) is 2.32. The van der Waals surface area contributed by atoms with Crippen molar-refractivity contribution in [2.75, 3.05) is 13.2 Å². The van der Waals surface area contributed by atoms with Gasteiger partial charge in [0.2, 0.25) is 0 Å². The van der Waals surface area contributed by atoms with Crippen LogP contribution in [0.1, 0.15) is 40.3 Å². The van der Waals surface area contributed by atoms with Crippen molar-refractivity contribution in [3.8, 4) is 0 Å². The van der Waals surface area contributed by atoms with E-state index < -0.39 is 11.9 Å². The molecule has 0 radical (unpaired) electrons. The molecule has 0 saturated heterocycles. The lowest BCUT2D eigenvalue weighted by Crippen LogP contribution is -2.18. The highest BCUT2D eigenvalue weighted by atomic mass is 35.5. The molecule has 7 heteroatoms. The van der Waals surface area contributed by atoms with E-state index in [1.807, 2.05) is 0 Å². The maximum absolute atomic E-state index is 11.8. The van der Waals surface area contributed by atoms with Crippen molar-refractivity contribution in [1.29, 1.82) is 0 Å². The van der Waals surface area contributed by atoms with E-state index in [-0.39, 0.29) is 35.2 Å². The van der Waals surface area contributed by atoms with Gasteiger partial charge in [-0.3, -0.25) is 0 Å². The Labute approximate surface area is 109 Å². The van der Waals surface area contributed by atoms with Gasteiger partial charge in [-0.25, -0.2) is 9.59 Å². The summed E-state index contributed by atoms with van der Waals surface area (Å²) in [6.45, 7) is 5.20. The third-order valence-electron chi connectivity index (χ3n) is 2.07. The van der Waals surface area contributed by atoms with E-state index >= 15 is 0 Å². The summed E-state index contributed by atoms with van der Waals surface area (Å²) < 4.78 is 9.69. The number of nitrogens with zero attached hydrogens (tertiary/aromatic N) is 2. The molecule has 0 N–H and O–H groups in total. The van der Waals surface area contributed by atoms with E-state index in [0.717, 1.165) is 0 Å². The predicted molar refractivity (Wildman–Crippen MR) is 63.7 cm³/mol. The van der Waals surface area contributed by atoms with Crippen LogP contribution in [0.2, 0.25) is 5.15 Å². The second kappa shape index (κ2) is 6.30. The van der Waals surface area contributed by atoms with Gasteiger partial charge in [-0.2, -0.15) is 5.10 Å². The van der Waals surface area contributed by atoms with Crippen molar-refractivity contribution in [3.05, 3.63) is 22.0 Å². The Morgan fingerprint density at radius 1 is 1.06 bits per heavy atom. The molecule has 6 nitrogen and oxygen atoms in total. The Balaban J connectivity index is 3.33. The molecule has 1 aromatic rings. The Morgan fingerprint density at radius 2 is 1.56 bits per heavy atom. The zero-order chi connectivity index (χ0) is 13.7. The molecule has 0 atom stereocenters. The summed E-state index contributed by atoms with van der Waals surface area (Å²) in [5, 5.41) is 7.11. The van der Waals surface area contributed by atoms with E-state index in [0.29, 0.717) is 0 Å². The Hall–Kier alpha value is -1.69. The standard InChI is InChI=1S/C11H13ClN2O4/c1-4-17-10(15)7-6(3)13-14-9(12)8(7)11(16)18-5-2/h4-5H2,1-3H3. The summed E-state index contributed by atoms with van der Waals surface area (Å²) in [6, 6.07) is 0. The van der Waals surface area contributed by atoms with E-state index in [2.05, 4.69) is 10.2 Å². The molecular weight excluding hydrogens is 260 g/mol. The monoisotopic (exact) mass is 272 g/mol. The third kappa shape index (κ3) is 2.95. The SMILES string of the molecule is CCOC(=O)c1c(C)nnc(Cl)c1C(=O)OCC. The molecule has 1 rings (SSSR count). The van der Waals surface area contributed by atoms with Crippen molar-refractivity contribution in [2.45, 2.75) is 20.8 Å². The molecular formula is C11H13ClN2O4. The van der Waals surface area contributed by atoms with E-state index in [4.69, 9.17) is 21.1 Å². The van der Waals surface area contributed by atoms with Crippen LogP contribution in [0.5, 0.6) is 0 Å². The van der Waals surface area contributed by atoms with Gasteiger partial charge in [0, 0.05) is 0 Å². The zero-order valence-corrected chi connectivity index (χ0v) is 11.1. The molecule has 1 heterocycles. The zero-order valence-electron chi connectivity index (χ0n) is 10.3. The van der Waals surface area contributed by atoms with E-state index in [1.165, 1.54) is 6.92 Å². The van der Waals surface area contributed by atoms with Crippen molar-refractivity contribution in [3.63, 3.8) is 0 Å². The molecule has 0 aromatic carbocycles. The maximum Gasteiger partial charge on any atom is 0.342 e. The lowest BCUT2D eigenvalue weighted by Gasteiger charge is -2.10. The number of esters is 2. The van der Waals surface area contributed by atoms with Crippen LogP contribution in [0.3, 0.4) is 0 Å². The van der Waals surface area contributed by atoms with Gasteiger partial charge in [-0.1, -0.05) is 11.6 Å². The van der Waals surface area contributed by atoms with Crippen LogP contribution in [-0.4, -0.2) is 35.3 Å². The highest BCUT2D eigenvalue weighted by Crippen LogP contribution is 2.21. The van der Waals surface area contributed by atoms with Crippen LogP contribution in [0.15, 0.2) is 0 Å². The Morgan fingerprint density at radius 3 is 2.06 bits per heavy atom. The van der Waals surface area contributed by atoms with Gasteiger partial charge in [0.05, 0.1) is 18.9 Å². The minimum Gasteiger partial charge on any atom is -0.462 e. The fourth-order valence-corrected chi connectivity index (χ4v) is 1.55. The number of hydrogen-bond acceptors (Lipinski definition) is 6. The normalized spacial score (nSPS) is 10.0. The van der Waals surface area contributed by atoms with Gasteiger partial charge in [0.15, 0.2) is 5.15 Å². The molecule has 0 amide bonds. The molecule has 0 aliphatic heterocycles. The number of carbonyl (C=O) groups excluding carboxylic acids is 2. The molecule has 0 spiro atoms. The van der Waals surface area contributed by atoms with Crippen LogP contribution in [-0.2, 0) is 9.47 Å². The quantitative estimate of drug-likeness (QED) is 0.778. The number of ether oxygens (including phenoxy) is 2. The van der Waals surface area contributed by atoms with Crippen LogP contribution < -0.4 is 0 Å². The topological polar surface area (TPSA) is 78.4 Å². The molecule has 0 aliphatic carbocycles. The van der Waals surface area contributed by atoms with Gasteiger partial charge >= 0.3 is 11.9 Å². The first kappa shape index (κ1) is 14.4. The van der Waals surface area contributed by atoms with Gasteiger partial charge in [-0.15, -0.1) is 5.10 Å². The van der Waals surface area contributed by atoms with Crippen molar-refractivity contribution >= 4 is 23.5 Å². The van der Waals surface area contributed by atoms with E-state index in [1.54, 1.807) is 13.8 Å². The summed E-state index contributed by atoms with van der Waals surface area (Å²) in [7, 11) is 0. The molecule has 0 unspecified atom stereocenters. The fraction of sp³-hybridized carbons (Fsp3) is 0.455. The Kier molecular flexibility index (Phi) is 5.03. The number of hydrogen-bond donors (Lipinski definition) is 0. The molecule has 0 aliphatic rings. The minimum absolute atomic E-state index is 0.00435. The number of carbonyl (C=O) groups is 2. The van der Waals surface area contributed by atoms with Crippen LogP contribution in [0.4, 0.5) is 0 Å². The van der Waals surface area contributed by atoms with Crippen LogP contribution >= 0.6 is 11.6 Å². The lowest BCUT2D eigenvalue weighted by molar-refractivity contribution is 0.0476. The first-order chi connectivity index (χ1) is 8.52. The maximum atomic E-state index is 11.8. The second-order valence-electron chi connectivity index (χ2n) is 3.27. The number of aryl methyl sites for hydroxylation is 1. The summed E-state index contributed by atoms with van der Waals surface area (Å²) in [6.07, 6.45) is 0. The van der Waals surface area contributed by atoms with Crippen molar-refractivity contribution in [1.82, 2.24) is 10.2 Å². The highest BCUT2D eigenvalue weighted by Gasteiger charge is 2.26. The Bertz CT molecular complexity index is 433. The highest BCUT2D eigenvalue weighted by molar-refractivity contribution is 6.33. The minimum atomic E-state index is -0.719. The molecule has 1 aromatic heterocycles. The molecule has 98 valence electrons. The number of halogens is 1. The van der Waals surface area contributed by atoms with Gasteiger partial charge < -0.3 is 9.47 Å². The number of rotatable bonds is 4. The summed E-state index contributed by atoms with van der Waals surface area (Å²) >= 11 is 5.79. The summed E-state index contributed by atoms with van der Waals surface area (Å²) in [5.74, 6) is -1.39. The summed E-state index contributed by atoms with van der Waals surface area (Å²) in [5.41, 5.74) is 0.153. The third-order valence-corrected chi connectivity index (χ3v) is 2.33. The molecule has 0 fully saturated rings. The fourth-order valence-electron chi connectivity index (χ4n) is 1.35. The smallest absolute Gasteiger partial charge is 0.342 e. The average molecular weight is 273 g/mol. The van der Waals surface area contributed by atoms with Crippen molar-refractivity contribution in [2.24, 2.45) is 0 Å². The van der Waals surface area contributed by atoms with Crippen molar-refractivity contribution < 1.29 is 19.1 Å². The summed E-state index contributed by atoms with van der Waals surface area (Å²) in [4.78, 5) is 23.6. The van der Waals surface area contributed by atoms with Gasteiger partial charge in [0.1, 0.15) is 11.1 Å². The predicted octanol–water partition coefficient (Wildman–Crippen LogP) is 1.79. The largest absolute Gasteiger partial charge is 0.462 e. The first-order valence-corrected chi connectivity index (χ1v) is 5.77. The number of aromatic nitrogens is 2. The first-order valence-electron chi connectivity index (χ1n) is 5.39. The van der Waals surface area contributed by atoms with Crippen LogP contribution in [0, 0.1) is 6.92 Å². The molecule has 18 heavy (non-hydrogen) atoms. The molecule has 0 bridgehead atoms. The van der Waals surface area contributed by atoms with Gasteiger partial charge in [-0.05, 0) is 20.8 Å². The van der Waals surface area contributed by atoms with Crippen LogP contribution in [0.25, 0.3) is 0 Å². The van der Waals surface area contributed by atoms with E-state index in [9.17, 15) is 9.59 Å².